The lowest BCUT2D eigenvalue weighted by Gasteiger charge is -2.01. The van der Waals surface area contributed by atoms with Crippen molar-refractivity contribution in [2.45, 2.75) is 24.6 Å². The summed E-state index contributed by atoms with van der Waals surface area (Å²) < 4.78 is 26.7. The van der Waals surface area contributed by atoms with Gasteiger partial charge in [0.1, 0.15) is 9.22 Å². The van der Waals surface area contributed by atoms with Crippen LogP contribution in [0.1, 0.15) is 15.6 Å². The predicted octanol–water partition coefficient (Wildman–Crippen LogP) is 2.30. The van der Waals surface area contributed by atoms with Gasteiger partial charge in [-0.1, -0.05) is 0 Å². The molecule has 0 spiro atoms. The Labute approximate surface area is 108 Å². The third kappa shape index (κ3) is 3.12. The third-order valence-electron chi connectivity index (χ3n) is 2.06. The summed E-state index contributed by atoms with van der Waals surface area (Å²) in [6, 6.07) is 3.42. The first-order chi connectivity index (χ1) is 7.97. The molecule has 17 heavy (non-hydrogen) atoms. The van der Waals surface area contributed by atoms with Crippen LogP contribution in [-0.2, 0) is 16.6 Å². The van der Waals surface area contributed by atoms with E-state index in [9.17, 15) is 8.42 Å². The number of rotatable bonds is 4. The molecule has 2 rings (SSSR count). The molecule has 0 aliphatic rings. The van der Waals surface area contributed by atoms with Crippen molar-refractivity contribution in [3.05, 3.63) is 33.1 Å². The fraction of sp³-hybridized carbons (Fsp3) is 0.300. The molecule has 4 nitrogen and oxygen atoms in total. The lowest BCUT2D eigenvalue weighted by molar-refractivity contribution is 0.583. The van der Waals surface area contributed by atoms with E-state index < -0.39 is 10.0 Å². The largest absolute Gasteiger partial charge is 0.250 e. The molecule has 0 fully saturated rings. The number of aromatic nitrogens is 1. The van der Waals surface area contributed by atoms with Gasteiger partial charge in [0.05, 0.1) is 6.54 Å². The number of nitrogens with zero attached hydrogens (tertiary/aromatic N) is 1. The average molecular weight is 288 g/mol. The molecule has 1 N–H and O–H groups in total. The second-order valence-electron chi connectivity index (χ2n) is 3.57. The smallest absolute Gasteiger partial charge is 0.245 e. The molecule has 2 aromatic heterocycles. The highest BCUT2D eigenvalue weighted by molar-refractivity contribution is 7.91. The highest BCUT2D eigenvalue weighted by atomic mass is 32.2. The second kappa shape index (κ2) is 4.85. The van der Waals surface area contributed by atoms with Crippen LogP contribution >= 0.6 is 22.7 Å². The quantitative estimate of drug-likeness (QED) is 0.939. The molecule has 2 aromatic rings. The number of aryl methyl sites for hydroxylation is 2. The molecule has 92 valence electrons. The minimum absolute atomic E-state index is 0.248. The summed E-state index contributed by atoms with van der Waals surface area (Å²) in [5.74, 6) is 0. The Hall–Kier alpha value is -0.760. The molecule has 0 aliphatic heterocycles. The molecule has 0 aliphatic carbocycles. The Morgan fingerprint density at radius 3 is 2.65 bits per heavy atom. The predicted molar refractivity (Wildman–Crippen MR) is 69.9 cm³/mol. The van der Waals surface area contributed by atoms with E-state index in [-0.39, 0.29) is 6.54 Å². The zero-order chi connectivity index (χ0) is 12.5. The molecule has 0 atom stereocenters. The van der Waals surface area contributed by atoms with Crippen LogP contribution in [0.4, 0.5) is 0 Å². The molecule has 2 heterocycles. The minimum atomic E-state index is -3.39. The van der Waals surface area contributed by atoms with Crippen LogP contribution in [0.15, 0.2) is 21.7 Å². The van der Waals surface area contributed by atoms with Gasteiger partial charge in [0, 0.05) is 16.0 Å². The van der Waals surface area contributed by atoms with E-state index in [2.05, 4.69) is 9.71 Å². The van der Waals surface area contributed by atoms with E-state index in [1.54, 1.807) is 12.1 Å². The lowest BCUT2D eigenvalue weighted by Crippen LogP contribution is -2.22. The Bertz CT molecular complexity index is 613. The average Bonchev–Trinajstić information content (AvgIpc) is 2.85. The molecule has 0 amide bonds. The standard InChI is InChI=1S/C10H12N2O2S3/c1-7-6-15-9(12-7)5-11-17(13,14)10-4-3-8(2)16-10/h3-4,6,11H,5H2,1-2H3. The second-order valence-corrected chi connectivity index (χ2v) is 7.80. The number of thiophene rings is 1. The van der Waals surface area contributed by atoms with Crippen molar-refractivity contribution in [3.63, 3.8) is 0 Å². The van der Waals surface area contributed by atoms with E-state index in [0.29, 0.717) is 4.21 Å². The minimum Gasteiger partial charge on any atom is -0.245 e. The first-order valence-corrected chi connectivity index (χ1v) is 8.12. The monoisotopic (exact) mass is 288 g/mol. The molecule has 7 heteroatoms. The Balaban J connectivity index is 2.08. The van der Waals surface area contributed by atoms with Crippen LogP contribution in [0, 0.1) is 13.8 Å². The van der Waals surface area contributed by atoms with Crippen LogP contribution in [0.3, 0.4) is 0 Å². The molecular formula is C10H12N2O2S3. The SMILES string of the molecule is Cc1csc(CNS(=O)(=O)c2ccc(C)s2)n1. The molecule has 0 aromatic carbocycles. The highest BCUT2D eigenvalue weighted by Gasteiger charge is 2.16. The Kier molecular flexibility index (Phi) is 3.62. The van der Waals surface area contributed by atoms with E-state index in [1.165, 1.54) is 22.7 Å². The van der Waals surface area contributed by atoms with Crippen molar-refractivity contribution in [3.8, 4) is 0 Å². The van der Waals surface area contributed by atoms with Gasteiger partial charge in [0.15, 0.2) is 0 Å². The van der Waals surface area contributed by atoms with E-state index in [0.717, 1.165) is 15.6 Å². The van der Waals surface area contributed by atoms with Crippen molar-refractivity contribution in [2.24, 2.45) is 0 Å². The number of sulfonamides is 1. The number of hydrogen-bond acceptors (Lipinski definition) is 5. The highest BCUT2D eigenvalue weighted by Crippen LogP contribution is 2.20. The Morgan fingerprint density at radius 2 is 2.12 bits per heavy atom. The van der Waals surface area contributed by atoms with Crippen molar-refractivity contribution in [1.82, 2.24) is 9.71 Å². The van der Waals surface area contributed by atoms with Gasteiger partial charge in [0.2, 0.25) is 10.0 Å². The summed E-state index contributed by atoms with van der Waals surface area (Å²) >= 11 is 2.72. The van der Waals surface area contributed by atoms with Crippen molar-refractivity contribution < 1.29 is 8.42 Å². The van der Waals surface area contributed by atoms with Crippen molar-refractivity contribution in [2.75, 3.05) is 0 Å². The summed E-state index contributed by atoms with van der Waals surface area (Å²) in [5, 5.41) is 2.68. The van der Waals surface area contributed by atoms with E-state index in [4.69, 9.17) is 0 Å². The molecule has 0 saturated heterocycles. The van der Waals surface area contributed by atoms with Crippen LogP contribution in [-0.4, -0.2) is 13.4 Å². The summed E-state index contributed by atoms with van der Waals surface area (Å²) in [7, 11) is -3.39. The first kappa shape index (κ1) is 12.7. The van der Waals surface area contributed by atoms with Crippen LogP contribution in [0.2, 0.25) is 0 Å². The fourth-order valence-corrected chi connectivity index (χ4v) is 4.39. The topological polar surface area (TPSA) is 59.1 Å². The summed E-state index contributed by atoms with van der Waals surface area (Å²) in [6.07, 6.45) is 0. The zero-order valence-electron chi connectivity index (χ0n) is 9.43. The van der Waals surface area contributed by atoms with Gasteiger partial charge in [-0.05, 0) is 26.0 Å². The molecule has 0 radical (unpaired) electrons. The first-order valence-electron chi connectivity index (χ1n) is 4.94. The molecule has 0 bridgehead atoms. The third-order valence-corrected chi connectivity index (χ3v) is 5.92. The van der Waals surface area contributed by atoms with Gasteiger partial charge in [0.25, 0.3) is 0 Å². The van der Waals surface area contributed by atoms with Crippen LogP contribution < -0.4 is 4.72 Å². The van der Waals surface area contributed by atoms with Crippen LogP contribution in [0.25, 0.3) is 0 Å². The van der Waals surface area contributed by atoms with Gasteiger partial charge in [-0.25, -0.2) is 18.1 Å². The maximum atomic E-state index is 11.9. The molecule has 0 unspecified atom stereocenters. The maximum absolute atomic E-state index is 11.9. The number of hydrogen-bond donors (Lipinski definition) is 1. The number of thiazole rings is 1. The maximum Gasteiger partial charge on any atom is 0.250 e. The van der Waals surface area contributed by atoms with Crippen molar-refractivity contribution >= 4 is 32.7 Å². The summed E-state index contributed by atoms with van der Waals surface area (Å²) in [4.78, 5) is 5.19. The normalized spacial score (nSPS) is 11.9. The van der Waals surface area contributed by atoms with Gasteiger partial charge >= 0.3 is 0 Å². The van der Waals surface area contributed by atoms with Gasteiger partial charge < -0.3 is 0 Å². The van der Waals surface area contributed by atoms with Gasteiger partial charge in [-0.3, -0.25) is 0 Å². The summed E-state index contributed by atoms with van der Waals surface area (Å²) in [5.41, 5.74) is 0.913. The summed E-state index contributed by atoms with van der Waals surface area (Å²) in [6.45, 7) is 4.02. The van der Waals surface area contributed by atoms with Gasteiger partial charge in [-0.2, -0.15) is 0 Å². The Morgan fingerprint density at radius 1 is 1.35 bits per heavy atom. The zero-order valence-corrected chi connectivity index (χ0v) is 11.9. The van der Waals surface area contributed by atoms with Crippen molar-refractivity contribution in [1.29, 1.82) is 0 Å². The molecule has 0 saturated carbocycles. The van der Waals surface area contributed by atoms with E-state index in [1.807, 2.05) is 19.2 Å². The lowest BCUT2D eigenvalue weighted by atomic mass is 10.5. The van der Waals surface area contributed by atoms with E-state index >= 15 is 0 Å². The van der Waals surface area contributed by atoms with Crippen LogP contribution in [0.5, 0.6) is 0 Å². The number of nitrogens with one attached hydrogen (secondary N) is 1. The molecular weight excluding hydrogens is 276 g/mol. The fourth-order valence-electron chi connectivity index (χ4n) is 1.27. The van der Waals surface area contributed by atoms with Gasteiger partial charge in [-0.15, -0.1) is 22.7 Å².